The highest BCUT2D eigenvalue weighted by Gasteiger charge is 2.50. The monoisotopic (exact) mass is 324 g/mol. The van der Waals surface area contributed by atoms with Crippen LogP contribution in [0, 0.1) is 5.92 Å². The van der Waals surface area contributed by atoms with Crippen molar-refractivity contribution in [2.24, 2.45) is 5.92 Å². The maximum Gasteiger partial charge on any atom is 0.327 e. The second kappa shape index (κ2) is 5.39. The van der Waals surface area contributed by atoms with Crippen LogP contribution in [0.15, 0.2) is 60.7 Å². The number of aliphatic carboxylic acids is 1. The first-order valence-electron chi connectivity index (χ1n) is 7.76. The van der Waals surface area contributed by atoms with E-state index in [1.165, 1.54) is 6.08 Å². The molecule has 2 N–H and O–H groups in total. The molecule has 2 aromatic carbocycles. The molecule has 4 rings (SSSR count). The van der Waals surface area contributed by atoms with Gasteiger partial charge in [-0.05, 0) is 30.0 Å². The van der Waals surface area contributed by atoms with Gasteiger partial charge in [0.1, 0.15) is 11.5 Å². The minimum atomic E-state index is -1.13. The number of rotatable bonds is 3. The maximum atomic E-state index is 10.7. The first kappa shape index (κ1) is 14.8. The first-order chi connectivity index (χ1) is 11.6. The molecule has 0 amide bonds. The lowest BCUT2D eigenvalue weighted by Crippen LogP contribution is -2.49. The summed E-state index contributed by atoms with van der Waals surface area (Å²) in [6.07, 6.45) is 5.47. The Bertz CT molecular complexity index is 826. The molecule has 0 aromatic heterocycles. The number of ether oxygens (including phenoxy) is 2. The predicted octanol–water partition coefficient (Wildman–Crippen LogP) is 2.89. The second-order valence-electron chi connectivity index (χ2n) is 5.97. The average Bonchev–Trinajstić information content (AvgIpc) is 2.84. The van der Waals surface area contributed by atoms with Gasteiger partial charge < -0.3 is 19.7 Å². The number of allylic oxidation sites excluding steroid dienone is 1. The molecule has 24 heavy (non-hydrogen) atoms. The molecule has 122 valence electrons. The van der Waals surface area contributed by atoms with Crippen molar-refractivity contribution in [3.8, 4) is 11.5 Å². The lowest BCUT2D eigenvalue weighted by atomic mass is 9.93. The second-order valence-corrected chi connectivity index (χ2v) is 5.97. The van der Waals surface area contributed by atoms with Gasteiger partial charge in [0.15, 0.2) is 0 Å². The normalized spacial score (nSPS) is 23.5. The minimum absolute atomic E-state index is 0.318. The maximum absolute atomic E-state index is 10.7. The van der Waals surface area contributed by atoms with Gasteiger partial charge in [0, 0.05) is 6.08 Å². The Balaban J connectivity index is 1.73. The van der Waals surface area contributed by atoms with Crippen molar-refractivity contribution in [2.75, 3.05) is 0 Å². The smallest absolute Gasteiger partial charge is 0.327 e. The number of carbonyl (C=O) groups is 1. The Hall–Kier alpha value is -2.79. The van der Waals surface area contributed by atoms with Crippen molar-refractivity contribution < 1.29 is 24.5 Å². The molecule has 0 radical (unpaired) electrons. The Morgan fingerprint density at radius 1 is 1.17 bits per heavy atom. The third-order valence-corrected chi connectivity index (χ3v) is 4.47. The van der Waals surface area contributed by atoms with E-state index in [1.54, 1.807) is 12.2 Å². The van der Waals surface area contributed by atoms with Crippen LogP contribution in [-0.2, 0) is 4.79 Å². The summed E-state index contributed by atoms with van der Waals surface area (Å²) >= 11 is 0. The fourth-order valence-corrected chi connectivity index (χ4v) is 3.37. The number of aliphatic hydroxyl groups excluding tert-OH is 1. The molecule has 2 aliphatic rings. The molecule has 0 fully saturated rings. The molecule has 1 spiro atoms. The highest BCUT2D eigenvalue weighted by atomic mass is 16.7. The summed E-state index contributed by atoms with van der Waals surface area (Å²) in [5.74, 6) is -1.20. The van der Waals surface area contributed by atoms with Crippen LogP contribution in [0.4, 0.5) is 0 Å². The summed E-state index contributed by atoms with van der Waals surface area (Å²) in [7, 11) is 0. The first-order valence-corrected chi connectivity index (χ1v) is 7.76. The van der Waals surface area contributed by atoms with Gasteiger partial charge >= 0.3 is 5.97 Å². The van der Waals surface area contributed by atoms with E-state index in [1.807, 2.05) is 36.4 Å². The zero-order chi connectivity index (χ0) is 16.7. The number of hydrogen-bond acceptors (Lipinski definition) is 4. The van der Waals surface area contributed by atoms with Gasteiger partial charge in [0.2, 0.25) is 0 Å². The molecule has 0 saturated heterocycles. The molecule has 0 bridgehead atoms. The van der Waals surface area contributed by atoms with Gasteiger partial charge in [-0.25, -0.2) is 4.79 Å². The summed E-state index contributed by atoms with van der Waals surface area (Å²) in [6, 6.07) is 11.5. The lowest BCUT2D eigenvalue weighted by Gasteiger charge is -2.39. The van der Waals surface area contributed by atoms with Crippen LogP contribution in [0.2, 0.25) is 0 Å². The van der Waals surface area contributed by atoms with Gasteiger partial charge in [-0.3, -0.25) is 0 Å². The Labute approximate surface area is 138 Å². The average molecular weight is 324 g/mol. The Morgan fingerprint density at radius 2 is 1.83 bits per heavy atom. The molecule has 2 atom stereocenters. The van der Waals surface area contributed by atoms with Crippen molar-refractivity contribution in [3.63, 3.8) is 0 Å². The molecule has 0 saturated carbocycles. The fraction of sp³-hybridized carbons (Fsp3) is 0.211. The van der Waals surface area contributed by atoms with Crippen LogP contribution in [0.5, 0.6) is 11.5 Å². The van der Waals surface area contributed by atoms with Crippen LogP contribution in [-0.4, -0.2) is 28.1 Å². The van der Waals surface area contributed by atoms with E-state index in [0.717, 1.165) is 16.8 Å². The molecule has 5 nitrogen and oxygen atoms in total. The number of hydrogen-bond donors (Lipinski definition) is 2. The van der Waals surface area contributed by atoms with E-state index in [4.69, 9.17) is 14.6 Å². The van der Waals surface area contributed by atoms with Gasteiger partial charge in [0.05, 0.1) is 17.4 Å². The number of benzene rings is 2. The Kier molecular flexibility index (Phi) is 3.32. The van der Waals surface area contributed by atoms with Gasteiger partial charge in [-0.1, -0.05) is 36.4 Å². The zero-order valence-corrected chi connectivity index (χ0v) is 12.8. The topological polar surface area (TPSA) is 76.0 Å². The summed E-state index contributed by atoms with van der Waals surface area (Å²) in [4.78, 5) is 10.7. The highest BCUT2D eigenvalue weighted by molar-refractivity contribution is 5.94. The largest absolute Gasteiger partial charge is 0.478 e. The highest BCUT2D eigenvalue weighted by Crippen LogP contribution is 2.47. The number of aliphatic hydroxyl groups is 1. The quantitative estimate of drug-likeness (QED) is 0.671. The van der Waals surface area contributed by atoms with Crippen molar-refractivity contribution in [2.45, 2.75) is 18.3 Å². The van der Waals surface area contributed by atoms with Gasteiger partial charge in [-0.15, -0.1) is 0 Å². The molecule has 2 aromatic rings. The Morgan fingerprint density at radius 3 is 2.46 bits per heavy atom. The molecular weight excluding hydrogens is 308 g/mol. The van der Waals surface area contributed by atoms with Crippen molar-refractivity contribution >= 4 is 16.7 Å². The third kappa shape index (κ3) is 2.25. The predicted molar refractivity (Wildman–Crippen MR) is 88.0 cm³/mol. The van der Waals surface area contributed by atoms with Crippen molar-refractivity contribution in [1.29, 1.82) is 0 Å². The SMILES string of the molecule is O=C(O)/C=C\C[C@H]1[C@@H](O)C=CC12Oc1cccc3cccc(c13)O2. The van der Waals surface area contributed by atoms with Crippen molar-refractivity contribution in [3.05, 3.63) is 60.7 Å². The summed E-state index contributed by atoms with van der Waals surface area (Å²) in [5.41, 5.74) is 0. The molecule has 1 heterocycles. The van der Waals surface area contributed by atoms with Crippen LogP contribution in [0.25, 0.3) is 10.8 Å². The van der Waals surface area contributed by atoms with Crippen LogP contribution < -0.4 is 9.47 Å². The fourth-order valence-electron chi connectivity index (χ4n) is 3.37. The lowest BCUT2D eigenvalue weighted by molar-refractivity contribution is -0.133. The van der Waals surface area contributed by atoms with Crippen LogP contribution in [0.1, 0.15) is 6.42 Å². The third-order valence-electron chi connectivity index (χ3n) is 4.47. The van der Waals surface area contributed by atoms with E-state index in [9.17, 15) is 9.90 Å². The van der Waals surface area contributed by atoms with E-state index >= 15 is 0 Å². The minimum Gasteiger partial charge on any atom is -0.478 e. The zero-order valence-electron chi connectivity index (χ0n) is 12.8. The van der Waals surface area contributed by atoms with E-state index < -0.39 is 23.8 Å². The van der Waals surface area contributed by atoms with Gasteiger partial charge in [0.25, 0.3) is 5.79 Å². The summed E-state index contributed by atoms with van der Waals surface area (Å²) in [6.45, 7) is 0. The van der Waals surface area contributed by atoms with Crippen molar-refractivity contribution in [1.82, 2.24) is 0 Å². The van der Waals surface area contributed by atoms with E-state index in [-0.39, 0.29) is 0 Å². The molecule has 5 heteroatoms. The summed E-state index contributed by atoms with van der Waals surface area (Å²) < 4.78 is 12.3. The number of carboxylic acid groups (broad SMARTS) is 1. The van der Waals surface area contributed by atoms with E-state index in [0.29, 0.717) is 17.9 Å². The van der Waals surface area contributed by atoms with Crippen LogP contribution >= 0.6 is 0 Å². The molecule has 1 aliphatic heterocycles. The summed E-state index contributed by atoms with van der Waals surface area (Å²) in [5, 5.41) is 21.0. The molecular formula is C19H16O5. The standard InChI is InChI=1S/C19H16O5/c20-14-10-11-19(13(14)6-3-9-17(21)22)23-15-7-1-4-12-5-2-8-16(24-19)18(12)15/h1-5,7-11,13-14,20H,6H2,(H,21,22)/b9-3-/t13-,14-/m0/s1. The molecule has 1 aliphatic carbocycles. The number of carboxylic acids is 1. The molecule has 0 unspecified atom stereocenters. The van der Waals surface area contributed by atoms with E-state index in [2.05, 4.69) is 0 Å². The van der Waals surface area contributed by atoms with Gasteiger partial charge in [-0.2, -0.15) is 0 Å². The van der Waals surface area contributed by atoms with Crippen LogP contribution in [0.3, 0.4) is 0 Å².